The minimum absolute atomic E-state index is 0.0702. The third-order valence-corrected chi connectivity index (χ3v) is 6.88. The molecular formula is C28H30N6O2S. The molecule has 8 nitrogen and oxygen atoms in total. The molecule has 0 spiro atoms. The van der Waals surface area contributed by atoms with Crippen molar-refractivity contribution in [2.24, 2.45) is 5.41 Å². The van der Waals surface area contributed by atoms with Gasteiger partial charge in [-0.15, -0.1) is 0 Å². The summed E-state index contributed by atoms with van der Waals surface area (Å²) in [5, 5.41) is 16.5. The lowest BCUT2D eigenvalue weighted by Crippen LogP contribution is -2.25. The highest BCUT2D eigenvalue weighted by Gasteiger charge is 2.28. The van der Waals surface area contributed by atoms with E-state index in [1.54, 1.807) is 28.8 Å². The molecule has 0 saturated carbocycles. The first-order valence-electron chi connectivity index (χ1n) is 11.9. The largest absolute Gasteiger partial charge is 0.385 e. The van der Waals surface area contributed by atoms with Gasteiger partial charge in [0.1, 0.15) is 17.0 Å². The molecule has 1 unspecified atom stereocenters. The fraction of sp³-hybridized carbons (Fsp3) is 0.321. The Kier molecular flexibility index (Phi) is 6.86. The van der Waals surface area contributed by atoms with E-state index in [1.807, 2.05) is 31.2 Å². The molecule has 0 radical (unpaired) electrons. The standard InChI is InChI=1S/C28H30N6O2S/c1-18-11-12-20(28(5,6)17-27(2,3)4)14-24(18)36-37(35)33-21-10-8-9-19(13-21)25-31-32-26-22(15-29)23(30-7)16-34(25)26/h8-14,16,32-33H,17H2,1-6H3. The highest BCUT2D eigenvalue weighted by atomic mass is 32.2. The number of nitriles is 1. The molecule has 4 rings (SSSR count). The van der Waals surface area contributed by atoms with Crippen molar-refractivity contribution < 1.29 is 8.39 Å². The van der Waals surface area contributed by atoms with Crippen molar-refractivity contribution in [3.63, 3.8) is 0 Å². The van der Waals surface area contributed by atoms with Crippen molar-refractivity contribution in [1.29, 1.82) is 5.26 Å². The van der Waals surface area contributed by atoms with Crippen LogP contribution in [0.25, 0.3) is 21.9 Å². The summed E-state index contributed by atoms with van der Waals surface area (Å²) in [5.74, 6) is 1.10. The quantitative estimate of drug-likeness (QED) is 0.264. The van der Waals surface area contributed by atoms with Crippen LogP contribution in [0.5, 0.6) is 5.75 Å². The predicted molar refractivity (Wildman–Crippen MR) is 147 cm³/mol. The lowest BCUT2D eigenvalue weighted by Gasteiger charge is -2.33. The number of fused-ring (bicyclic) bond motifs is 1. The van der Waals surface area contributed by atoms with Gasteiger partial charge >= 0.3 is 11.3 Å². The van der Waals surface area contributed by atoms with Crippen molar-refractivity contribution in [2.45, 2.75) is 53.4 Å². The van der Waals surface area contributed by atoms with Gasteiger partial charge in [0.25, 0.3) is 0 Å². The van der Waals surface area contributed by atoms with Crippen molar-refractivity contribution in [2.75, 3.05) is 4.72 Å². The zero-order chi connectivity index (χ0) is 27.0. The summed E-state index contributed by atoms with van der Waals surface area (Å²) < 4.78 is 23.3. The van der Waals surface area contributed by atoms with Crippen LogP contribution < -0.4 is 8.91 Å². The number of hydrogen-bond acceptors (Lipinski definition) is 4. The molecule has 2 aromatic carbocycles. The normalized spacial score (nSPS) is 12.6. The van der Waals surface area contributed by atoms with Crippen LogP contribution in [0.3, 0.4) is 0 Å². The third-order valence-electron chi connectivity index (χ3n) is 6.14. The van der Waals surface area contributed by atoms with Gasteiger partial charge in [-0.25, -0.2) is 4.85 Å². The minimum atomic E-state index is -1.84. The first kappa shape index (κ1) is 26.0. The van der Waals surface area contributed by atoms with E-state index in [0.29, 0.717) is 28.5 Å². The van der Waals surface area contributed by atoms with Gasteiger partial charge in [-0.3, -0.25) is 14.2 Å². The number of benzene rings is 2. The van der Waals surface area contributed by atoms with E-state index in [1.165, 1.54) is 0 Å². The van der Waals surface area contributed by atoms with Gasteiger partial charge in [-0.2, -0.15) is 14.6 Å². The van der Waals surface area contributed by atoms with E-state index in [2.05, 4.69) is 60.4 Å². The molecule has 0 aliphatic carbocycles. The lowest BCUT2D eigenvalue weighted by atomic mass is 9.72. The Balaban J connectivity index is 1.55. The monoisotopic (exact) mass is 514 g/mol. The number of H-pyrrole nitrogens is 1. The maximum atomic E-state index is 12.9. The first-order chi connectivity index (χ1) is 17.4. The Morgan fingerprint density at radius 3 is 2.65 bits per heavy atom. The molecule has 2 aromatic heterocycles. The second kappa shape index (κ2) is 9.76. The van der Waals surface area contributed by atoms with Crippen LogP contribution in [0.15, 0.2) is 48.7 Å². The van der Waals surface area contributed by atoms with E-state index >= 15 is 0 Å². The number of rotatable bonds is 7. The molecule has 0 bridgehead atoms. The maximum absolute atomic E-state index is 12.9. The second-order valence-corrected chi connectivity index (χ2v) is 11.8. The molecule has 190 valence electrons. The summed E-state index contributed by atoms with van der Waals surface area (Å²) in [7, 11) is 0. The van der Waals surface area contributed by atoms with Crippen LogP contribution >= 0.6 is 0 Å². The lowest BCUT2D eigenvalue weighted by molar-refractivity contribution is 0.284. The van der Waals surface area contributed by atoms with Crippen LogP contribution in [0.2, 0.25) is 0 Å². The first-order valence-corrected chi connectivity index (χ1v) is 12.9. The van der Waals surface area contributed by atoms with Gasteiger partial charge < -0.3 is 4.18 Å². The van der Waals surface area contributed by atoms with Crippen molar-refractivity contribution in [1.82, 2.24) is 14.6 Å². The zero-order valence-corrected chi connectivity index (χ0v) is 22.7. The van der Waals surface area contributed by atoms with E-state index in [0.717, 1.165) is 17.5 Å². The highest BCUT2D eigenvalue weighted by Crippen LogP contribution is 2.38. The number of aromatic nitrogens is 3. The number of nitrogens with zero attached hydrogens (tertiary/aromatic N) is 4. The summed E-state index contributed by atoms with van der Waals surface area (Å²) in [6.45, 7) is 20.3. The van der Waals surface area contributed by atoms with Gasteiger partial charge in [0.05, 0.1) is 18.3 Å². The van der Waals surface area contributed by atoms with Crippen molar-refractivity contribution >= 4 is 28.3 Å². The van der Waals surface area contributed by atoms with E-state index < -0.39 is 11.3 Å². The Morgan fingerprint density at radius 2 is 1.97 bits per heavy atom. The number of nitrogens with one attached hydrogen (secondary N) is 2. The Labute approximate surface area is 219 Å². The van der Waals surface area contributed by atoms with Crippen LogP contribution in [-0.2, 0) is 16.7 Å². The van der Waals surface area contributed by atoms with Gasteiger partial charge in [0.2, 0.25) is 5.69 Å². The topological polar surface area (TPSA) is 99.6 Å². The van der Waals surface area contributed by atoms with E-state index in [4.69, 9.17) is 10.8 Å². The Bertz CT molecular complexity index is 1580. The zero-order valence-electron chi connectivity index (χ0n) is 21.8. The number of aryl methyl sites for hydroxylation is 1. The van der Waals surface area contributed by atoms with Gasteiger partial charge in [-0.05, 0) is 53.5 Å². The maximum Gasteiger partial charge on any atom is 0.316 e. The average Bonchev–Trinajstić information content (AvgIpc) is 3.37. The summed E-state index contributed by atoms with van der Waals surface area (Å²) in [5.41, 5.74) is 4.38. The number of aromatic amines is 1. The summed E-state index contributed by atoms with van der Waals surface area (Å²) in [6, 6.07) is 15.4. The average molecular weight is 515 g/mol. The summed E-state index contributed by atoms with van der Waals surface area (Å²) in [6.07, 6.45) is 2.57. The van der Waals surface area contributed by atoms with Crippen LogP contribution in [0.1, 0.15) is 57.7 Å². The third kappa shape index (κ3) is 5.52. The van der Waals surface area contributed by atoms with Gasteiger partial charge in [0, 0.05) is 11.8 Å². The molecule has 1 atom stereocenters. The molecule has 2 heterocycles. The molecule has 0 amide bonds. The molecule has 9 heteroatoms. The van der Waals surface area contributed by atoms with E-state index in [9.17, 15) is 9.47 Å². The molecule has 0 aliphatic heterocycles. The van der Waals surface area contributed by atoms with Gasteiger partial charge in [-0.1, -0.05) is 58.9 Å². The van der Waals surface area contributed by atoms with E-state index in [-0.39, 0.29) is 22.1 Å². The smallest absolute Gasteiger partial charge is 0.316 e. The number of anilines is 1. The molecule has 0 fully saturated rings. The number of hydrogen-bond donors (Lipinski definition) is 2. The SMILES string of the molecule is [C-]#[N+]c1cn2c(-c3cccc(NS(=O)Oc4cc(C(C)(C)CC(C)(C)C)ccc4C)c3)n[nH]c2c1C#N. The fourth-order valence-electron chi connectivity index (χ4n) is 4.79. The molecule has 4 aromatic rings. The Morgan fingerprint density at radius 1 is 1.22 bits per heavy atom. The van der Waals surface area contributed by atoms with Crippen LogP contribution in [0, 0.1) is 30.2 Å². The molecule has 37 heavy (non-hydrogen) atoms. The molecule has 0 aliphatic rings. The Hall–Kier alpha value is -4.08. The van der Waals surface area contributed by atoms with Crippen LogP contribution in [-0.4, -0.2) is 18.8 Å². The van der Waals surface area contributed by atoms with Gasteiger partial charge in [0.15, 0.2) is 5.82 Å². The highest BCUT2D eigenvalue weighted by molar-refractivity contribution is 7.82. The van der Waals surface area contributed by atoms with Crippen molar-refractivity contribution in [3.8, 4) is 23.2 Å². The summed E-state index contributed by atoms with van der Waals surface area (Å²) >= 11 is -1.84. The fourth-order valence-corrected chi connectivity index (χ4v) is 5.49. The molecule has 2 N–H and O–H groups in total. The predicted octanol–water partition coefficient (Wildman–Crippen LogP) is 6.84. The minimum Gasteiger partial charge on any atom is -0.385 e. The summed E-state index contributed by atoms with van der Waals surface area (Å²) in [4.78, 5) is 3.42. The molecular weight excluding hydrogens is 484 g/mol. The van der Waals surface area contributed by atoms with Crippen molar-refractivity contribution in [3.05, 3.63) is 76.8 Å². The molecule has 0 saturated heterocycles. The second-order valence-electron chi connectivity index (χ2n) is 11.0. The van der Waals surface area contributed by atoms with Crippen LogP contribution in [0.4, 0.5) is 11.4 Å².